The molecule has 0 radical (unpaired) electrons. The lowest BCUT2D eigenvalue weighted by molar-refractivity contribution is -0.121. The number of nitrogens with one attached hydrogen (secondary N) is 1. The number of hydrogen-bond donors (Lipinski definition) is 1. The number of rotatable bonds is 10. The smallest absolute Gasteiger partial charge is 0.221 e. The summed E-state index contributed by atoms with van der Waals surface area (Å²) in [5.74, 6) is 2.39. The van der Waals surface area contributed by atoms with Crippen LogP contribution in [0.15, 0.2) is 24.3 Å². The SMILES string of the molecule is CC[C@H](C)NC(=O)CCN(CCOC)c1nc(C2CC2)nc2ccccc12. The highest BCUT2D eigenvalue weighted by atomic mass is 16.5. The Morgan fingerprint density at radius 3 is 2.78 bits per heavy atom. The molecule has 27 heavy (non-hydrogen) atoms. The standard InChI is InChI=1S/C21H30N4O2/c1-4-15(2)22-19(26)11-12-25(13-14-27-3)21-17-7-5-6-8-18(17)23-20(24-21)16-9-10-16/h5-8,15-16H,4,9-14H2,1-3H3,(H,22,26)/t15-/m0/s1. The lowest BCUT2D eigenvalue weighted by Crippen LogP contribution is -2.36. The summed E-state index contributed by atoms with van der Waals surface area (Å²) in [5, 5.41) is 4.07. The molecule has 1 N–H and O–H groups in total. The number of fused-ring (bicyclic) bond motifs is 1. The highest BCUT2D eigenvalue weighted by molar-refractivity contribution is 5.89. The summed E-state index contributed by atoms with van der Waals surface area (Å²) >= 11 is 0. The Hall–Kier alpha value is -2.21. The first-order valence-corrected chi connectivity index (χ1v) is 9.92. The van der Waals surface area contributed by atoms with Crippen LogP contribution in [-0.4, -0.2) is 48.7 Å². The first kappa shape index (κ1) is 19.5. The number of anilines is 1. The normalized spacial score (nSPS) is 14.9. The summed E-state index contributed by atoms with van der Waals surface area (Å²) in [6.45, 7) is 5.99. The van der Waals surface area contributed by atoms with E-state index in [1.54, 1.807) is 7.11 Å². The van der Waals surface area contributed by atoms with Crippen LogP contribution in [0.1, 0.15) is 51.3 Å². The van der Waals surface area contributed by atoms with Gasteiger partial charge >= 0.3 is 0 Å². The largest absolute Gasteiger partial charge is 0.383 e. The van der Waals surface area contributed by atoms with Crippen LogP contribution < -0.4 is 10.2 Å². The summed E-state index contributed by atoms with van der Waals surface area (Å²) < 4.78 is 5.30. The van der Waals surface area contributed by atoms with Crippen LogP contribution in [0.3, 0.4) is 0 Å². The second-order valence-electron chi connectivity index (χ2n) is 7.30. The van der Waals surface area contributed by atoms with E-state index in [0.717, 1.165) is 41.8 Å². The van der Waals surface area contributed by atoms with E-state index in [2.05, 4.69) is 23.2 Å². The molecule has 1 aromatic carbocycles. The van der Waals surface area contributed by atoms with Crippen LogP contribution >= 0.6 is 0 Å². The molecule has 2 aromatic rings. The number of benzene rings is 1. The Labute approximate surface area is 161 Å². The number of aromatic nitrogens is 2. The fourth-order valence-corrected chi connectivity index (χ4v) is 3.05. The van der Waals surface area contributed by atoms with E-state index >= 15 is 0 Å². The summed E-state index contributed by atoms with van der Waals surface area (Å²) in [5.41, 5.74) is 0.968. The Kier molecular flexibility index (Phi) is 6.61. The first-order valence-electron chi connectivity index (χ1n) is 9.92. The van der Waals surface area contributed by atoms with Crippen LogP contribution in [0.25, 0.3) is 10.9 Å². The van der Waals surface area contributed by atoms with Gasteiger partial charge in [0.25, 0.3) is 0 Å². The van der Waals surface area contributed by atoms with Crippen molar-refractivity contribution >= 4 is 22.6 Å². The molecule has 1 saturated carbocycles. The van der Waals surface area contributed by atoms with Crippen molar-refractivity contribution in [3.8, 4) is 0 Å². The van der Waals surface area contributed by atoms with Crippen molar-refractivity contribution in [1.82, 2.24) is 15.3 Å². The molecule has 1 atom stereocenters. The van der Waals surface area contributed by atoms with Gasteiger partial charge in [-0.15, -0.1) is 0 Å². The molecular weight excluding hydrogens is 340 g/mol. The van der Waals surface area contributed by atoms with Crippen LogP contribution in [0, 0.1) is 0 Å². The molecule has 1 amide bonds. The van der Waals surface area contributed by atoms with Gasteiger partial charge in [0, 0.05) is 44.0 Å². The van der Waals surface area contributed by atoms with Crippen LogP contribution in [0.2, 0.25) is 0 Å². The van der Waals surface area contributed by atoms with Crippen LogP contribution in [0.5, 0.6) is 0 Å². The van der Waals surface area contributed by atoms with E-state index in [4.69, 9.17) is 14.7 Å². The van der Waals surface area contributed by atoms with Gasteiger partial charge in [0.2, 0.25) is 5.91 Å². The maximum Gasteiger partial charge on any atom is 0.221 e. The molecule has 6 nitrogen and oxygen atoms in total. The lowest BCUT2D eigenvalue weighted by Gasteiger charge is -2.25. The van der Waals surface area contributed by atoms with Gasteiger partial charge in [0.05, 0.1) is 12.1 Å². The molecule has 3 rings (SSSR count). The number of nitrogens with zero attached hydrogens (tertiary/aromatic N) is 3. The molecule has 1 heterocycles. The highest BCUT2D eigenvalue weighted by Crippen LogP contribution is 2.39. The zero-order chi connectivity index (χ0) is 19.2. The van der Waals surface area contributed by atoms with E-state index in [1.165, 1.54) is 0 Å². The van der Waals surface area contributed by atoms with Crippen molar-refractivity contribution in [2.24, 2.45) is 0 Å². The molecule has 1 aromatic heterocycles. The monoisotopic (exact) mass is 370 g/mol. The molecule has 1 aliphatic rings. The van der Waals surface area contributed by atoms with Crippen LogP contribution in [0.4, 0.5) is 5.82 Å². The summed E-state index contributed by atoms with van der Waals surface area (Å²) in [6, 6.07) is 8.31. The van der Waals surface area contributed by atoms with E-state index in [0.29, 0.717) is 32.0 Å². The molecule has 0 aliphatic heterocycles. The predicted molar refractivity (Wildman–Crippen MR) is 108 cm³/mol. The van der Waals surface area contributed by atoms with E-state index in [9.17, 15) is 4.79 Å². The zero-order valence-electron chi connectivity index (χ0n) is 16.6. The Morgan fingerprint density at radius 1 is 1.30 bits per heavy atom. The van der Waals surface area contributed by atoms with E-state index < -0.39 is 0 Å². The number of carbonyl (C=O) groups excluding carboxylic acids is 1. The third kappa shape index (κ3) is 5.16. The number of methoxy groups -OCH3 is 1. The second-order valence-corrected chi connectivity index (χ2v) is 7.30. The summed E-state index contributed by atoms with van der Waals surface area (Å²) in [7, 11) is 1.70. The minimum atomic E-state index is 0.0764. The van der Waals surface area contributed by atoms with Gasteiger partial charge in [-0.05, 0) is 38.3 Å². The summed E-state index contributed by atoms with van der Waals surface area (Å²) in [4.78, 5) is 24.1. The molecule has 0 spiro atoms. The second kappa shape index (κ2) is 9.13. The number of para-hydroxylation sites is 1. The van der Waals surface area contributed by atoms with Crippen molar-refractivity contribution in [1.29, 1.82) is 0 Å². The zero-order valence-corrected chi connectivity index (χ0v) is 16.6. The fraction of sp³-hybridized carbons (Fsp3) is 0.571. The third-order valence-corrected chi connectivity index (χ3v) is 5.04. The summed E-state index contributed by atoms with van der Waals surface area (Å²) in [6.07, 6.45) is 3.69. The Bertz CT molecular complexity index is 776. The fourth-order valence-electron chi connectivity index (χ4n) is 3.05. The van der Waals surface area contributed by atoms with Gasteiger partial charge in [-0.1, -0.05) is 19.1 Å². The van der Waals surface area contributed by atoms with Gasteiger partial charge in [0.15, 0.2) is 0 Å². The van der Waals surface area contributed by atoms with Gasteiger partial charge in [-0.25, -0.2) is 9.97 Å². The van der Waals surface area contributed by atoms with Gasteiger partial charge in [-0.2, -0.15) is 0 Å². The third-order valence-electron chi connectivity index (χ3n) is 5.04. The van der Waals surface area contributed by atoms with Gasteiger partial charge in [-0.3, -0.25) is 4.79 Å². The minimum absolute atomic E-state index is 0.0764. The van der Waals surface area contributed by atoms with E-state index in [1.807, 2.05) is 25.1 Å². The average Bonchev–Trinajstić information content (AvgIpc) is 3.52. The van der Waals surface area contributed by atoms with Crippen molar-refractivity contribution in [2.45, 2.75) is 51.5 Å². The maximum atomic E-state index is 12.3. The average molecular weight is 370 g/mol. The Morgan fingerprint density at radius 2 is 2.07 bits per heavy atom. The Balaban J connectivity index is 1.84. The van der Waals surface area contributed by atoms with Crippen molar-refractivity contribution in [3.63, 3.8) is 0 Å². The van der Waals surface area contributed by atoms with Gasteiger partial charge < -0.3 is 15.0 Å². The van der Waals surface area contributed by atoms with Crippen molar-refractivity contribution in [3.05, 3.63) is 30.1 Å². The number of hydrogen-bond acceptors (Lipinski definition) is 5. The topological polar surface area (TPSA) is 67.4 Å². The van der Waals surface area contributed by atoms with Crippen LogP contribution in [-0.2, 0) is 9.53 Å². The lowest BCUT2D eigenvalue weighted by atomic mass is 10.2. The van der Waals surface area contributed by atoms with Crippen molar-refractivity contribution < 1.29 is 9.53 Å². The molecule has 0 unspecified atom stereocenters. The maximum absolute atomic E-state index is 12.3. The van der Waals surface area contributed by atoms with E-state index in [-0.39, 0.29) is 11.9 Å². The molecular formula is C21H30N4O2. The number of carbonyl (C=O) groups is 1. The molecule has 146 valence electrons. The highest BCUT2D eigenvalue weighted by Gasteiger charge is 2.28. The number of ether oxygens (including phenoxy) is 1. The molecule has 1 aliphatic carbocycles. The predicted octanol–water partition coefficient (Wildman–Crippen LogP) is 3.26. The quantitative estimate of drug-likeness (QED) is 0.695. The molecule has 1 fully saturated rings. The van der Waals surface area contributed by atoms with Gasteiger partial charge in [0.1, 0.15) is 11.6 Å². The molecule has 6 heteroatoms. The molecule has 0 bridgehead atoms. The van der Waals surface area contributed by atoms with Crippen molar-refractivity contribution in [2.75, 3.05) is 31.7 Å². The molecule has 0 saturated heterocycles. The number of amides is 1. The first-order chi connectivity index (χ1) is 13.1. The minimum Gasteiger partial charge on any atom is -0.383 e.